The van der Waals surface area contributed by atoms with E-state index in [0.717, 1.165) is 0 Å². The Labute approximate surface area is 159 Å². The number of oxime groups is 1. The Kier molecular flexibility index (Phi) is 8.68. The van der Waals surface area contributed by atoms with Crippen LogP contribution in [0.25, 0.3) is 0 Å². The fraction of sp³-hybridized carbons (Fsp3) is 0.533. The number of nitrogens with one attached hydrogen (secondary N) is 1. The summed E-state index contributed by atoms with van der Waals surface area (Å²) in [6.45, 7) is 0.0301. The minimum Gasteiger partial charge on any atom is -0.481 e. The lowest BCUT2D eigenvalue weighted by atomic mass is 9.79. The van der Waals surface area contributed by atoms with Crippen molar-refractivity contribution in [2.75, 3.05) is 26.4 Å². The fourth-order valence-electron chi connectivity index (χ4n) is 2.24. The van der Waals surface area contributed by atoms with Gasteiger partial charge in [-0.2, -0.15) is 0 Å². The van der Waals surface area contributed by atoms with E-state index in [1.165, 1.54) is 11.3 Å². The quantitative estimate of drug-likeness (QED) is 0.183. The van der Waals surface area contributed by atoms with Gasteiger partial charge in [0, 0.05) is 13.0 Å². The predicted octanol–water partition coefficient (Wildman–Crippen LogP) is -0.754. The van der Waals surface area contributed by atoms with Gasteiger partial charge in [0.15, 0.2) is 5.71 Å². The molecule has 1 amide bonds. The molecular weight excluding hydrogens is 379 g/mol. The number of hydrogen-bond acceptors (Lipinski definition) is 9. The molecule has 1 fully saturated rings. The summed E-state index contributed by atoms with van der Waals surface area (Å²) in [5.41, 5.74) is 0.0153. The van der Waals surface area contributed by atoms with E-state index in [0.29, 0.717) is 11.3 Å². The van der Waals surface area contributed by atoms with Crippen molar-refractivity contribution in [3.63, 3.8) is 0 Å². The summed E-state index contributed by atoms with van der Waals surface area (Å²) >= 11 is 1.29. The maximum atomic E-state index is 12.6. The first-order valence-corrected chi connectivity index (χ1v) is 9.18. The first-order chi connectivity index (χ1) is 13.0. The Hall–Kier alpha value is -1.99. The minimum absolute atomic E-state index is 0.00806. The Morgan fingerprint density at radius 2 is 2.26 bits per heavy atom. The molecule has 0 saturated carbocycles. The maximum absolute atomic E-state index is 12.6. The second-order valence-corrected chi connectivity index (χ2v) is 6.64. The molecule has 2 rings (SSSR count). The molecule has 10 nitrogen and oxygen atoms in total. The van der Waals surface area contributed by atoms with Gasteiger partial charge in [-0.25, -0.2) is 0 Å². The van der Waals surface area contributed by atoms with Gasteiger partial charge in [-0.15, -0.1) is 11.3 Å². The van der Waals surface area contributed by atoms with Crippen LogP contribution in [-0.2, 0) is 23.8 Å². The third kappa shape index (κ3) is 6.92. The Morgan fingerprint density at radius 1 is 1.44 bits per heavy atom. The third-order valence-corrected chi connectivity index (χ3v) is 4.39. The molecule has 1 aliphatic rings. The van der Waals surface area contributed by atoms with Gasteiger partial charge < -0.3 is 34.8 Å². The third-order valence-electron chi connectivity index (χ3n) is 3.52. The van der Waals surface area contributed by atoms with Crippen LogP contribution in [0.1, 0.15) is 17.7 Å². The van der Waals surface area contributed by atoms with Crippen LogP contribution in [0, 0.1) is 0 Å². The smallest absolute Gasteiger partial charge is 0.480 e. The van der Waals surface area contributed by atoms with Crippen molar-refractivity contribution in [3.8, 4) is 0 Å². The standard InChI is InChI=1S/C15H21BN2O8S/c19-4-2-5-25-18-14(11-3-1-6-27-11)15(22)17-12-9-24-8-10(7-13(20)21)26-16(12)23/h1,3,6,10,12,19,23H,2,4-5,7-9H2,(H,17,22)(H,20,21)/b18-14-/t10-,12-/m0/s1. The predicted molar refractivity (Wildman–Crippen MR) is 96.4 cm³/mol. The van der Waals surface area contributed by atoms with Crippen molar-refractivity contribution in [3.05, 3.63) is 22.4 Å². The molecule has 148 valence electrons. The molecule has 0 aliphatic carbocycles. The van der Waals surface area contributed by atoms with E-state index >= 15 is 0 Å². The summed E-state index contributed by atoms with van der Waals surface area (Å²) in [4.78, 5) is 29.0. The number of aliphatic hydroxyl groups is 1. The lowest BCUT2D eigenvalue weighted by Crippen LogP contribution is -2.52. The van der Waals surface area contributed by atoms with E-state index in [-0.39, 0.29) is 38.6 Å². The molecule has 27 heavy (non-hydrogen) atoms. The highest BCUT2D eigenvalue weighted by atomic mass is 32.1. The number of hydrogen-bond donors (Lipinski definition) is 4. The number of carboxylic acids is 1. The number of thiophene rings is 1. The van der Waals surface area contributed by atoms with Crippen molar-refractivity contribution in [1.29, 1.82) is 0 Å². The van der Waals surface area contributed by atoms with Crippen LogP contribution in [0.15, 0.2) is 22.7 Å². The molecule has 0 spiro atoms. The van der Waals surface area contributed by atoms with Crippen LogP contribution in [0.4, 0.5) is 0 Å². The Morgan fingerprint density at radius 3 is 2.93 bits per heavy atom. The molecular formula is C15H21BN2O8S. The van der Waals surface area contributed by atoms with E-state index < -0.39 is 31.0 Å². The molecule has 0 unspecified atom stereocenters. The molecule has 1 aliphatic heterocycles. The second-order valence-electron chi connectivity index (χ2n) is 5.69. The van der Waals surface area contributed by atoms with Crippen LogP contribution >= 0.6 is 11.3 Å². The number of nitrogens with zero attached hydrogens (tertiary/aromatic N) is 1. The van der Waals surface area contributed by atoms with Crippen LogP contribution < -0.4 is 5.32 Å². The van der Waals surface area contributed by atoms with Crippen LogP contribution in [0.3, 0.4) is 0 Å². The second kappa shape index (κ2) is 11.0. The van der Waals surface area contributed by atoms with E-state index in [4.69, 9.17) is 24.4 Å². The van der Waals surface area contributed by atoms with Gasteiger partial charge in [-0.1, -0.05) is 11.2 Å². The first-order valence-electron chi connectivity index (χ1n) is 8.30. The highest BCUT2D eigenvalue weighted by molar-refractivity contribution is 7.13. The normalized spacial score (nSPS) is 20.8. The minimum atomic E-state index is -1.43. The molecule has 1 aromatic rings. The van der Waals surface area contributed by atoms with Gasteiger partial charge in [0.2, 0.25) is 0 Å². The zero-order chi connectivity index (χ0) is 19.6. The van der Waals surface area contributed by atoms with Gasteiger partial charge >= 0.3 is 13.1 Å². The Balaban J connectivity index is 2.02. The molecule has 0 radical (unpaired) electrons. The average molecular weight is 400 g/mol. The summed E-state index contributed by atoms with van der Waals surface area (Å²) in [5, 5.41) is 35.9. The van der Waals surface area contributed by atoms with Gasteiger partial charge in [-0.05, 0) is 11.4 Å². The number of carboxylic acid groups (broad SMARTS) is 1. The molecule has 1 saturated heterocycles. The van der Waals surface area contributed by atoms with E-state index in [2.05, 4.69) is 10.5 Å². The van der Waals surface area contributed by atoms with Crippen molar-refractivity contribution in [1.82, 2.24) is 5.32 Å². The van der Waals surface area contributed by atoms with Crippen LogP contribution in [-0.4, -0.2) is 78.4 Å². The van der Waals surface area contributed by atoms with Gasteiger partial charge in [0.25, 0.3) is 5.91 Å². The summed E-state index contributed by atoms with van der Waals surface area (Å²) in [7, 11) is -1.43. The number of amides is 1. The summed E-state index contributed by atoms with van der Waals surface area (Å²) in [6, 6.07) is 3.44. The van der Waals surface area contributed by atoms with Crippen molar-refractivity contribution in [2.45, 2.75) is 24.9 Å². The molecule has 4 N–H and O–H groups in total. The highest BCUT2D eigenvalue weighted by Crippen LogP contribution is 2.13. The summed E-state index contributed by atoms with van der Waals surface area (Å²) in [5.74, 6) is -2.58. The highest BCUT2D eigenvalue weighted by Gasteiger charge is 2.36. The molecule has 1 aromatic heterocycles. The van der Waals surface area contributed by atoms with Gasteiger partial charge in [0.05, 0.1) is 36.6 Å². The van der Waals surface area contributed by atoms with E-state index in [9.17, 15) is 14.6 Å². The zero-order valence-electron chi connectivity index (χ0n) is 14.4. The molecule has 2 atom stereocenters. The topological polar surface area (TPSA) is 147 Å². The van der Waals surface area contributed by atoms with Gasteiger partial charge in [-0.3, -0.25) is 9.59 Å². The summed E-state index contributed by atoms with van der Waals surface area (Å²) in [6.07, 6.45) is -0.763. The number of aliphatic hydroxyl groups excluding tert-OH is 1. The Bertz CT molecular complexity index is 642. The lowest BCUT2D eigenvalue weighted by molar-refractivity contribution is -0.139. The van der Waals surface area contributed by atoms with E-state index in [1.807, 2.05) is 0 Å². The number of rotatable bonds is 9. The van der Waals surface area contributed by atoms with Crippen molar-refractivity contribution >= 4 is 36.0 Å². The molecule has 12 heteroatoms. The van der Waals surface area contributed by atoms with Gasteiger partial charge in [0.1, 0.15) is 6.61 Å². The number of aliphatic carboxylic acids is 1. The average Bonchev–Trinajstić information content (AvgIpc) is 3.08. The SMILES string of the molecule is O=C(O)C[C@H]1COC[C@H](NC(=O)/C(=N\OCCCO)c2cccs2)B(O)O1. The first kappa shape index (κ1) is 21.3. The lowest BCUT2D eigenvalue weighted by Gasteiger charge is -2.19. The summed E-state index contributed by atoms with van der Waals surface area (Å²) < 4.78 is 10.6. The monoisotopic (exact) mass is 400 g/mol. The fourth-order valence-corrected chi connectivity index (χ4v) is 2.94. The zero-order valence-corrected chi connectivity index (χ0v) is 15.3. The number of carbonyl (C=O) groups excluding carboxylic acids is 1. The van der Waals surface area contributed by atoms with Crippen LogP contribution in [0.2, 0.25) is 0 Å². The largest absolute Gasteiger partial charge is 0.481 e. The molecule has 0 bridgehead atoms. The molecule has 0 aromatic carbocycles. The van der Waals surface area contributed by atoms with E-state index in [1.54, 1.807) is 17.5 Å². The van der Waals surface area contributed by atoms with Crippen LogP contribution in [0.5, 0.6) is 0 Å². The number of carbonyl (C=O) groups is 2. The van der Waals surface area contributed by atoms with Crippen molar-refractivity contribution < 1.29 is 39.1 Å². The molecule has 2 heterocycles. The number of ether oxygens (including phenoxy) is 1. The maximum Gasteiger partial charge on any atom is 0.480 e. The van der Waals surface area contributed by atoms with Crippen molar-refractivity contribution in [2.24, 2.45) is 5.16 Å².